The van der Waals surface area contributed by atoms with Gasteiger partial charge in [0.05, 0.1) is 5.92 Å². The van der Waals surface area contributed by atoms with Crippen molar-refractivity contribution in [1.82, 2.24) is 0 Å². The molecule has 3 N–H and O–H groups in total. The van der Waals surface area contributed by atoms with Crippen molar-refractivity contribution >= 4 is 5.97 Å². The average Bonchev–Trinajstić information content (AvgIpc) is 1.86. The molecule has 0 aliphatic heterocycles. The fourth-order valence-electron chi connectivity index (χ4n) is 0.588. The Hall–Kier alpha value is -0.570. The molecule has 0 fully saturated rings. The van der Waals surface area contributed by atoms with Gasteiger partial charge in [-0.25, -0.2) is 0 Å². The maximum atomic E-state index is 10.4. The summed E-state index contributed by atoms with van der Waals surface area (Å²) in [7, 11) is 0. The zero-order valence-corrected chi connectivity index (χ0v) is 6.72. The molecule has 0 heterocycles. The Labute approximate surface area is 61.2 Å². The fourth-order valence-corrected chi connectivity index (χ4v) is 0.588. The summed E-state index contributed by atoms with van der Waals surface area (Å²) in [6.07, 6.45) is 0.681. The minimum absolute atomic E-state index is 0.475. The minimum Gasteiger partial charge on any atom is -0.481 e. The molecule has 10 heavy (non-hydrogen) atoms. The first-order valence-corrected chi connectivity index (χ1v) is 3.43. The van der Waals surface area contributed by atoms with E-state index in [9.17, 15) is 4.79 Å². The predicted octanol–water partition coefficient (Wildman–Crippen LogP) is 0.835. The summed E-state index contributed by atoms with van der Waals surface area (Å²) in [5.41, 5.74) is 5.10. The van der Waals surface area contributed by atoms with Crippen molar-refractivity contribution in [3.63, 3.8) is 0 Å². The maximum Gasteiger partial charge on any atom is 0.308 e. The summed E-state index contributed by atoms with van der Waals surface area (Å²) in [6.45, 7) is 5.27. The van der Waals surface area contributed by atoms with E-state index in [1.54, 1.807) is 13.8 Å². The summed E-state index contributed by atoms with van der Waals surface area (Å²) in [5.74, 6) is -1.30. The molecular weight excluding hydrogens is 130 g/mol. The SMILES string of the molecule is CCC(C)(N)C(C)C(=O)O. The molecule has 3 heteroatoms. The first-order valence-electron chi connectivity index (χ1n) is 3.43. The summed E-state index contributed by atoms with van der Waals surface area (Å²) >= 11 is 0. The number of carboxylic acid groups (broad SMARTS) is 1. The lowest BCUT2D eigenvalue weighted by Crippen LogP contribution is -2.45. The van der Waals surface area contributed by atoms with Gasteiger partial charge >= 0.3 is 5.97 Å². The molecular formula is C7H15NO2. The quantitative estimate of drug-likeness (QED) is 0.618. The molecule has 0 rings (SSSR count). The van der Waals surface area contributed by atoms with Gasteiger partial charge in [-0.15, -0.1) is 0 Å². The van der Waals surface area contributed by atoms with Crippen molar-refractivity contribution in [2.45, 2.75) is 32.7 Å². The van der Waals surface area contributed by atoms with Crippen LogP contribution in [0.1, 0.15) is 27.2 Å². The van der Waals surface area contributed by atoms with Crippen LogP contribution in [0.15, 0.2) is 0 Å². The van der Waals surface area contributed by atoms with Gasteiger partial charge in [-0.2, -0.15) is 0 Å². The van der Waals surface area contributed by atoms with Crippen molar-refractivity contribution in [3.05, 3.63) is 0 Å². The molecule has 0 saturated carbocycles. The van der Waals surface area contributed by atoms with Gasteiger partial charge in [0.15, 0.2) is 0 Å². The van der Waals surface area contributed by atoms with Crippen LogP contribution in [0.5, 0.6) is 0 Å². The smallest absolute Gasteiger partial charge is 0.308 e. The maximum absolute atomic E-state index is 10.4. The van der Waals surface area contributed by atoms with Crippen molar-refractivity contribution in [3.8, 4) is 0 Å². The molecule has 2 atom stereocenters. The van der Waals surface area contributed by atoms with E-state index in [0.29, 0.717) is 6.42 Å². The third-order valence-electron chi connectivity index (χ3n) is 2.12. The van der Waals surface area contributed by atoms with E-state index in [2.05, 4.69) is 0 Å². The van der Waals surface area contributed by atoms with Crippen LogP contribution in [0, 0.1) is 5.92 Å². The van der Waals surface area contributed by atoms with Crippen LogP contribution in [-0.4, -0.2) is 16.6 Å². The molecule has 0 aromatic heterocycles. The molecule has 0 spiro atoms. The van der Waals surface area contributed by atoms with Gasteiger partial charge in [0.1, 0.15) is 0 Å². The number of carbonyl (C=O) groups is 1. The van der Waals surface area contributed by atoms with Crippen LogP contribution >= 0.6 is 0 Å². The van der Waals surface area contributed by atoms with Gasteiger partial charge in [-0.3, -0.25) is 4.79 Å². The van der Waals surface area contributed by atoms with Crippen LogP contribution in [0.3, 0.4) is 0 Å². The third-order valence-corrected chi connectivity index (χ3v) is 2.12. The van der Waals surface area contributed by atoms with Crippen LogP contribution in [0.2, 0.25) is 0 Å². The molecule has 0 aromatic carbocycles. The average molecular weight is 145 g/mol. The molecule has 0 bridgehead atoms. The van der Waals surface area contributed by atoms with E-state index in [0.717, 1.165) is 0 Å². The van der Waals surface area contributed by atoms with Gasteiger partial charge in [0, 0.05) is 5.54 Å². The van der Waals surface area contributed by atoms with E-state index in [-0.39, 0.29) is 0 Å². The van der Waals surface area contributed by atoms with Crippen LogP contribution in [-0.2, 0) is 4.79 Å². The molecule has 60 valence electrons. The Bertz CT molecular complexity index is 132. The zero-order valence-electron chi connectivity index (χ0n) is 6.72. The minimum atomic E-state index is -0.827. The van der Waals surface area contributed by atoms with E-state index in [1.165, 1.54) is 0 Å². The van der Waals surface area contributed by atoms with Crippen LogP contribution in [0.4, 0.5) is 0 Å². The van der Waals surface area contributed by atoms with Crippen molar-refractivity contribution in [2.75, 3.05) is 0 Å². The highest BCUT2D eigenvalue weighted by atomic mass is 16.4. The summed E-state index contributed by atoms with van der Waals surface area (Å²) < 4.78 is 0. The predicted molar refractivity (Wildman–Crippen MR) is 39.7 cm³/mol. The monoisotopic (exact) mass is 145 g/mol. The first kappa shape index (κ1) is 9.43. The summed E-state index contributed by atoms with van der Waals surface area (Å²) in [6, 6.07) is 0. The second kappa shape index (κ2) is 3.01. The molecule has 0 aliphatic rings. The Kier molecular flexibility index (Phi) is 2.84. The van der Waals surface area contributed by atoms with E-state index >= 15 is 0 Å². The van der Waals surface area contributed by atoms with Gasteiger partial charge in [-0.05, 0) is 13.3 Å². The molecule has 0 aliphatic carbocycles. The zero-order chi connectivity index (χ0) is 8.36. The Balaban J connectivity index is 4.17. The number of rotatable bonds is 3. The highest BCUT2D eigenvalue weighted by Crippen LogP contribution is 2.17. The normalized spacial score (nSPS) is 19.6. The Morgan fingerprint density at radius 1 is 1.80 bits per heavy atom. The first-order chi connectivity index (χ1) is 4.41. The van der Waals surface area contributed by atoms with E-state index in [4.69, 9.17) is 10.8 Å². The number of aliphatic carboxylic acids is 1. The molecule has 2 unspecified atom stereocenters. The number of nitrogens with two attached hydrogens (primary N) is 1. The largest absolute Gasteiger partial charge is 0.481 e. The highest BCUT2D eigenvalue weighted by Gasteiger charge is 2.29. The lowest BCUT2D eigenvalue weighted by atomic mass is 9.86. The third kappa shape index (κ3) is 1.99. The molecule has 0 saturated heterocycles. The molecule has 0 aromatic rings. The Morgan fingerprint density at radius 2 is 2.20 bits per heavy atom. The molecule has 0 amide bonds. The number of hydrogen-bond acceptors (Lipinski definition) is 2. The van der Waals surface area contributed by atoms with Crippen molar-refractivity contribution in [1.29, 1.82) is 0 Å². The molecule has 3 nitrogen and oxygen atoms in total. The van der Waals surface area contributed by atoms with Crippen molar-refractivity contribution in [2.24, 2.45) is 11.7 Å². The highest BCUT2D eigenvalue weighted by molar-refractivity contribution is 5.71. The van der Waals surface area contributed by atoms with Gasteiger partial charge < -0.3 is 10.8 Å². The lowest BCUT2D eigenvalue weighted by Gasteiger charge is -2.26. The van der Waals surface area contributed by atoms with Crippen LogP contribution < -0.4 is 5.73 Å². The number of hydrogen-bond donors (Lipinski definition) is 2. The van der Waals surface area contributed by atoms with Gasteiger partial charge in [-0.1, -0.05) is 13.8 Å². The summed E-state index contributed by atoms with van der Waals surface area (Å²) in [4.78, 5) is 10.4. The molecule has 0 radical (unpaired) electrons. The summed E-state index contributed by atoms with van der Waals surface area (Å²) in [5, 5.41) is 8.57. The van der Waals surface area contributed by atoms with E-state index < -0.39 is 17.4 Å². The Morgan fingerprint density at radius 3 is 2.30 bits per heavy atom. The fraction of sp³-hybridized carbons (Fsp3) is 0.857. The van der Waals surface area contributed by atoms with Gasteiger partial charge in [0.25, 0.3) is 0 Å². The second-order valence-corrected chi connectivity index (χ2v) is 2.92. The lowest BCUT2D eigenvalue weighted by molar-refractivity contribution is -0.143. The van der Waals surface area contributed by atoms with Crippen molar-refractivity contribution < 1.29 is 9.90 Å². The standard InChI is InChI=1S/C7H15NO2/c1-4-7(3,8)5(2)6(9)10/h5H,4,8H2,1-3H3,(H,9,10). The van der Waals surface area contributed by atoms with Crippen LogP contribution in [0.25, 0.3) is 0 Å². The number of carboxylic acids is 1. The van der Waals surface area contributed by atoms with Gasteiger partial charge in [0.2, 0.25) is 0 Å². The second-order valence-electron chi connectivity index (χ2n) is 2.92. The topological polar surface area (TPSA) is 63.3 Å². The van der Waals surface area contributed by atoms with E-state index in [1.807, 2.05) is 6.92 Å².